The van der Waals surface area contributed by atoms with Crippen LogP contribution in [-0.2, 0) is 0 Å². The molecule has 102 valence electrons. The van der Waals surface area contributed by atoms with E-state index in [1.807, 2.05) is 48.5 Å². The number of ether oxygens (including phenoxy) is 1. The van der Waals surface area contributed by atoms with Crippen molar-refractivity contribution >= 4 is 37.6 Å². The number of nitrogens with zero attached hydrogens (tertiary/aromatic N) is 2. The second-order valence-corrected chi connectivity index (χ2v) is 5.67. The summed E-state index contributed by atoms with van der Waals surface area (Å²) in [5, 5.41) is 1.56. The van der Waals surface area contributed by atoms with Crippen LogP contribution in [0.1, 0.15) is 0 Å². The number of hydrogen-bond donors (Lipinski definition) is 1. The van der Waals surface area contributed by atoms with E-state index in [9.17, 15) is 0 Å². The van der Waals surface area contributed by atoms with Crippen molar-refractivity contribution in [2.45, 2.75) is 0 Å². The second-order valence-electron chi connectivity index (χ2n) is 4.61. The third kappa shape index (κ3) is 2.17. The molecule has 2 N–H and O–H groups in total. The number of pyridine rings is 1. The van der Waals surface area contributed by atoms with E-state index in [0.717, 1.165) is 32.6 Å². The topological polar surface area (TPSA) is 61.0 Å². The summed E-state index contributed by atoms with van der Waals surface area (Å²) in [6.45, 7) is 0. The van der Waals surface area contributed by atoms with Crippen LogP contribution in [0.15, 0.2) is 54.7 Å². The van der Waals surface area contributed by atoms with Gasteiger partial charge in [0.15, 0.2) is 5.13 Å². The minimum absolute atomic E-state index is 0.566. The fraction of sp³-hybridized carbons (Fsp3) is 0. The number of aromatic nitrogens is 2. The molecule has 4 nitrogen and oxygen atoms in total. The predicted molar refractivity (Wildman–Crippen MR) is 85.8 cm³/mol. The van der Waals surface area contributed by atoms with Crippen LogP contribution in [0, 0.1) is 0 Å². The molecular weight excluding hydrogens is 282 g/mol. The molecular formula is C16H11N3OS. The molecule has 0 saturated heterocycles. The Labute approximate surface area is 124 Å². The third-order valence-electron chi connectivity index (χ3n) is 3.21. The number of benzene rings is 2. The Morgan fingerprint density at radius 3 is 2.86 bits per heavy atom. The second kappa shape index (κ2) is 4.71. The van der Waals surface area contributed by atoms with Crippen molar-refractivity contribution in [1.29, 1.82) is 0 Å². The number of nitrogens with two attached hydrogens (primary N) is 1. The van der Waals surface area contributed by atoms with Gasteiger partial charge in [0.1, 0.15) is 11.5 Å². The number of hydrogen-bond acceptors (Lipinski definition) is 5. The molecule has 0 spiro atoms. The van der Waals surface area contributed by atoms with Crippen molar-refractivity contribution in [1.82, 2.24) is 9.97 Å². The summed E-state index contributed by atoms with van der Waals surface area (Å²) in [7, 11) is 0. The molecule has 0 atom stereocenters. The Kier molecular flexibility index (Phi) is 2.72. The quantitative estimate of drug-likeness (QED) is 0.601. The molecule has 0 aliphatic carbocycles. The summed E-state index contributed by atoms with van der Waals surface area (Å²) in [5.41, 5.74) is 7.53. The average Bonchev–Trinajstić information content (AvgIpc) is 2.87. The monoisotopic (exact) mass is 293 g/mol. The lowest BCUT2D eigenvalue weighted by Crippen LogP contribution is -1.87. The zero-order valence-corrected chi connectivity index (χ0v) is 11.8. The van der Waals surface area contributed by atoms with Crippen LogP contribution in [0.4, 0.5) is 5.13 Å². The van der Waals surface area contributed by atoms with Crippen molar-refractivity contribution < 1.29 is 4.74 Å². The van der Waals surface area contributed by atoms with Crippen molar-refractivity contribution in [2.24, 2.45) is 0 Å². The first kappa shape index (κ1) is 12.1. The smallest absolute Gasteiger partial charge is 0.181 e. The zero-order valence-electron chi connectivity index (χ0n) is 11.0. The number of thiazole rings is 1. The van der Waals surface area contributed by atoms with Crippen LogP contribution in [0.5, 0.6) is 11.5 Å². The minimum Gasteiger partial charge on any atom is -0.457 e. The van der Waals surface area contributed by atoms with Gasteiger partial charge in [0, 0.05) is 17.6 Å². The Bertz CT molecular complexity index is 943. The largest absolute Gasteiger partial charge is 0.457 e. The van der Waals surface area contributed by atoms with E-state index in [1.54, 1.807) is 6.20 Å². The first-order chi connectivity index (χ1) is 10.3. The van der Waals surface area contributed by atoms with Gasteiger partial charge in [0.05, 0.1) is 15.7 Å². The molecule has 0 fully saturated rings. The Hall–Kier alpha value is -2.66. The highest BCUT2D eigenvalue weighted by atomic mass is 32.1. The Morgan fingerprint density at radius 1 is 1.00 bits per heavy atom. The van der Waals surface area contributed by atoms with Crippen molar-refractivity contribution in [2.75, 3.05) is 5.73 Å². The molecule has 4 rings (SSSR count). The van der Waals surface area contributed by atoms with Gasteiger partial charge in [0.2, 0.25) is 0 Å². The third-order valence-corrected chi connectivity index (χ3v) is 4.06. The van der Waals surface area contributed by atoms with Gasteiger partial charge in [-0.3, -0.25) is 4.98 Å². The van der Waals surface area contributed by atoms with Crippen molar-refractivity contribution in [3.63, 3.8) is 0 Å². The van der Waals surface area contributed by atoms with E-state index in [0.29, 0.717) is 5.13 Å². The molecule has 0 amide bonds. The highest BCUT2D eigenvalue weighted by molar-refractivity contribution is 7.22. The Balaban J connectivity index is 1.78. The number of rotatable bonds is 2. The maximum absolute atomic E-state index is 6.01. The summed E-state index contributed by atoms with van der Waals surface area (Å²) >= 11 is 1.45. The SMILES string of the molecule is Nc1nc2ccc(Oc3ccnc4ccccc34)cc2s1. The van der Waals surface area contributed by atoms with Gasteiger partial charge in [-0.1, -0.05) is 23.5 Å². The lowest BCUT2D eigenvalue weighted by molar-refractivity contribution is 0.489. The molecule has 0 radical (unpaired) electrons. The van der Waals surface area contributed by atoms with Gasteiger partial charge in [-0.2, -0.15) is 0 Å². The van der Waals surface area contributed by atoms with Gasteiger partial charge in [-0.05, 0) is 30.3 Å². The molecule has 0 unspecified atom stereocenters. The maximum atomic E-state index is 6.01. The minimum atomic E-state index is 0.566. The van der Waals surface area contributed by atoms with Crippen molar-refractivity contribution in [3.8, 4) is 11.5 Å². The van der Waals surface area contributed by atoms with E-state index in [4.69, 9.17) is 10.5 Å². The van der Waals surface area contributed by atoms with Gasteiger partial charge < -0.3 is 10.5 Å². The molecule has 0 bridgehead atoms. The summed E-state index contributed by atoms with van der Waals surface area (Å²) in [6.07, 6.45) is 1.75. The van der Waals surface area contributed by atoms with E-state index in [2.05, 4.69) is 9.97 Å². The lowest BCUT2D eigenvalue weighted by atomic mass is 10.2. The number of para-hydroxylation sites is 1. The van der Waals surface area contributed by atoms with Crippen LogP contribution in [-0.4, -0.2) is 9.97 Å². The molecule has 2 aromatic heterocycles. The van der Waals surface area contributed by atoms with Crippen LogP contribution < -0.4 is 10.5 Å². The molecule has 2 aromatic carbocycles. The molecule has 0 aliphatic rings. The first-order valence-electron chi connectivity index (χ1n) is 6.47. The van der Waals surface area contributed by atoms with Crippen LogP contribution in [0.3, 0.4) is 0 Å². The number of nitrogen functional groups attached to an aromatic ring is 1. The van der Waals surface area contributed by atoms with Gasteiger partial charge >= 0.3 is 0 Å². The fourth-order valence-electron chi connectivity index (χ4n) is 2.27. The fourth-order valence-corrected chi connectivity index (χ4v) is 3.03. The van der Waals surface area contributed by atoms with Crippen LogP contribution >= 0.6 is 11.3 Å². The molecule has 2 heterocycles. The first-order valence-corrected chi connectivity index (χ1v) is 7.29. The summed E-state index contributed by atoms with van der Waals surface area (Å²) < 4.78 is 7.02. The average molecular weight is 293 g/mol. The predicted octanol–water partition coefficient (Wildman–Crippen LogP) is 4.22. The summed E-state index contributed by atoms with van der Waals surface area (Å²) in [4.78, 5) is 8.57. The summed E-state index contributed by atoms with van der Waals surface area (Å²) in [5.74, 6) is 1.56. The van der Waals surface area contributed by atoms with Crippen molar-refractivity contribution in [3.05, 3.63) is 54.7 Å². The van der Waals surface area contributed by atoms with Gasteiger partial charge in [-0.25, -0.2) is 4.98 Å². The van der Waals surface area contributed by atoms with E-state index in [-0.39, 0.29) is 0 Å². The molecule has 4 aromatic rings. The highest BCUT2D eigenvalue weighted by Gasteiger charge is 2.06. The molecule has 21 heavy (non-hydrogen) atoms. The zero-order chi connectivity index (χ0) is 14.2. The van der Waals surface area contributed by atoms with Gasteiger partial charge in [0.25, 0.3) is 0 Å². The molecule has 0 aliphatic heterocycles. The lowest BCUT2D eigenvalue weighted by Gasteiger charge is -2.08. The normalized spacial score (nSPS) is 11.0. The summed E-state index contributed by atoms with van der Waals surface area (Å²) in [6, 6.07) is 15.6. The van der Waals surface area contributed by atoms with Crippen LogP contribution in [0.2, 0.25) is 0 Å². The van der Waals surface area contributed by atoms with E-state index in [1.165, 1.54) is 11.3 Å². The highest BCUT2D eigenvalue weighted by Crippen LogP contribution is 2.32. The maximum Gasteiger partial charge on any atom is 0.181 e. The number of anilines is 1. The number of fused-ring (bicyclic) bond motifs is 2. The standard InChI is InChI=1S/C16H11N3OS/c17-16-19-13-6-5-10(9-15(13)21-16)20-14-7-8-18-12-4-2-1-3-11(12)14/h1-9H,(H2,17,19). The van der Waals surface area contributed by atoms with E-state index < -0.39 is 0 Å². The Morgan fingerprint density at radius 2 is 1.90 bits per heavy atom. The molecule has 0 saturated carbocycles. The van der Waals surface area contributed by atoms with Crippen LogP contribution in [0.25, 0.3) is 21.1 Å². The van der Waals surface area contributed by atoms with Gasteiger partial charge in [-0.15, -0.1) is 0 Å². The molecule has 5 heteroatoms. The van der Waals surface area contributed by atoms with E-state index >= 15 is 0 Å².